The van der Waals surface area contributed by atoms with Crippen LogP contribution in [0.2, 0.25) is 0 Å². The summed E-state index contributed by atoms with van der Waals surface area (Å²) >= 11 is 3.33. The van der Waals surface area contributed by atoms with Crippen LogP contribution >= 0.6 is 15.9 Å². The van der Waals surface area contributed by atoms with Crippen LogP contribution in [0.3, 0.4) is 0 Å². The van der Waals surface area contributed by atoms with Crippen LogP contribution < -0.4 is 9.80 Å². The lowest BCUT2D eigenvalue weighted by Crippen LogP contribution is -2.30. The third-order valence-corrected chi connectivity index (χ3v) is 6.60. The molecule has 4 rings (SSSR count). The third-order valence-electron chi connectivity index (χ3n) is 6.07. The highest BCUT2D eigenvalue weighted by molar-refractivity contribution is 9.10. The average Bonchev–Trinajstić information content (AvgIpc) is 3.11. The van der Waals surface area contributed by atoms with Crippen molar-refractivity contribution in [3.63, 3.8) is 0 Å². The Morgan fingerprint density at radius 2 is 1.60 bits per heavy atom. The molecule has 1 amide bonds. The van der Waals surface area contributed by atoms with Gasteiger partial charge in [0.2, 0.25) is 0 Å². The Morgan fingerprint density at radius 3 is 2.17 bits per heavy atom. The van der Waals surface area contributed by atoms with Crippen LogP contribution in [0.25, 0.3) is 5.76 Å². The Labute approximate surface area is 210 Å². The molecule has 1 fully saturated rings. The van der Waals surface area contributed by atoms with Crippen LogP contribution in [0.4, 0.5) is 20.2 Å². The number of rotatable bonds is 6. The molecule has 3 aromatic rings. The lowest BCUT2D eigenvalue weighted by Gasteiger charge is -2.27. The van der Waals surface area contributed by atoms with Crippen molar-refractivity contribution in [1.29, 1.82) is 0 Å². The molecular formula is C27H23BrF2N2O3. The minimum absolute atomic E-state index is 0.170. The van der Waals surface area contributed by atoms with E-state index in [-0.39, 0.29) is 17.0 Å². The normalized spacial score (nSPS) is 17.2. The van der Waals surface area contributed by atoms with E-state index in [2.05, 4.69) is 20.8 Å². The van der Waals surface area contributed by atoms with Crippen LogP contribution in [0.15, 0.2) is 76.8 Å². The molecule has 1 unspecified atom stereocenters. The summed E-state index contributed by atoms with van der Waals surface area (Å²) < 4.78 is 29.2. The van der Waals surface area contributed by atoms with E-state index in [4.69, 9.17) is 0 Å². The predicted molar refractivity (Wildman–Crippen MR) is 135 cm³/mol. The van der Waals surface area contributed by atoms with Gasteiger partial charge in [-0.15, -0.1) is 0 Å². The minimum atomic E-state index is -1.11. The van der Waals surface area contributed by atoms with Crippen molar-refractivity contribution in [2.75, 3.05) is 22.9 Å². The van der Waals surface area contributed by atoms with Gasteiger partial charge in [0.1, 0.15) is 17.4 Å². The van der Waals surface area contributed by atoms with Gasteiger partial charge in [0, 0.05) is 34.9 Å². The first-order chi connectivity index (χ1) is 16.8. The van der Waals surface area contributed by atoms with E-state index in [0.717, 1.165) is 40.3 Å². The summed E-state index contributed by atoms with van der Waals surface area (Å²) in [7, 11) is 0. The summed E-state index contributed by atoms with van der Waals surface area (Å²) in [6, 6.07) is 15.5. The van der Waals surface area contributed by atoms with Gasteiger partial charge in [0.25, 0.3) is 11.7 Å². The van der Waals surface area contributed by atoms with Crippen molar-refractivity contribution in [2.45, 2.75) is 19.9 Å². The summed E-state index contributed by atoms with van der Waals surface area (Å²) in [6.07, 6.45) is 0. The fraction of sp³-hybridized carbons (Fsp3) is 0.185. The molecule has 1 aliphatic rings. The first-order valence-electron chi connectivity index (χ1n) is 11.1. The molecule has 0 saturated carbocycles. The average molecular weight is 541 g/mol. The van der Waals surface area contributed by atoms with Gasteiger partial charge in [0.15, 0.2) is 0 Å². The number of benzene rings is 3. The summed E-state index contributed by atoms with van der Waals surface area (Å²) in [6.45, 7) is 5.64. The Bertz CT molecular complexity index is 1300. The van der Waals surface area contributed by atoms with Crippen molar-refractivity contribution in [1.82, 2.24) is 0 Å². The first kappa shape index (κ1) is 24.6. The second-order valence-electron chi connectivity index (χ2n) is 8.04. The molecule has 1 aliphatic heterocycles. The molecule has 0 aliphatic carbocycles. The van der Waals surface area contributed by atoms with E-state index >= 15 is 0 Å². The maximum atomic E-state index is 14.8. The van der Waals surface area contributed by atoms with Crippen LogP contribution in [-0.2, 0) is 9.59 Å². The Hall–Kier alpha value is -3.52. The SMILES string of the molecule is CCN(CC)c1ccc(C2/C(=C(\O)c3ccc(Br)cc3)C(=O)C(=O)N2c2ccc(F)cc2F)cc1. The molecular weight excluding hydrogens is 518 g/mol. The van der Waals surface area contributed by atoms with E-state index < -0.39 is 29.4 Å². The number of anilines is 2. The third kappa shape index (κ3) is 4.58. The fourth-order valence-electron chi connectivity index (χ4n) is 4.29. The number of aliphatic hydroxyl groups excluding tert-OH is 1. The number of hydrogen-bond donors (Lipinski definition) is 1. The van der Waals surface area contributed by atoms with E-state index in [1.807, 2.05) is 26.0 Å². The summed E-state index contributed by atoms with van der Waals surface area (Å²) in [5, 5.41) is 11.1. The number of carbonyl (C=O) groups excluding carboxylic acids is 2. The van der Waals surface area contributed by atoms with Crippen molar-refractivity contribution >= 4 is 44.8 Å². The van der Waals surface area contributed by atoms with Gasteiger partial charge >= 0.3 is 0 Å². The van der Waals surface area contributed by atoms with Crippen molar-refractivity contribution < 1.29 is 23.5 Å². The number of ketones is 1. The number of nitrogens with zero attached hydrogens (tertiary/aromatic N) is 2. The van der Waals surface area contributed by atoms with Crippen LogP contribution in [-0.4, -0.2) is 29.9 Å². The maximum absolute atomic E-state index is 14.8. The molecule has 8 heteroatoms. The van der Waals surface area contributed by atoms with Crippen LogP contribution in [0.1, 0.15) is 31.0 Å². The molecule has 1 N–H and O–H groups in total. The Morgan fingerprint density at radius 1 is 0.971 bits per heavy atom. The van der Waals surface area contributed by atoms with Gasteiger partial charge in [-0.2, -0.15) is 0 Å². The summed E-state index contributed by atoms with van der Waals surface area (Å²) in [5.74, 6) is -4.13. The zero-order valence-electron chi connectivity index (χ0n) is 19.1. The van der Waals surface area contributed by atoms with Crippen LogP contribution in [0, 0.1) is 11.6 Å². The Kier molecular flexibility index (Phi) is 7.03. The van der Waals surface area contributed by atoms with E-state index in [1.54, 1.807) is 36.4 Å². The quantitative estimate of drug-likeness (QED) is 0.230. The zero-order valence-corrected chi connectivity index (χ0v) is 20.7. The lowest BCUT2D eigenvalue weighted by atomic mass is 9.95. The molecule has 5 nitrogen and oxygen atoms in total. The highest BCUT2D eigenvalue weighted by Crippen LogP contribution is 2.43. The molecule has 1 saturated heterocycles. The molecule has 180 valence electrons. The Balaban J connectivity index is 1.92. The molecule has 1 atom stereocenters. The number of halogens is 3. The second-order valence-corrected chi connectivity index (χ2v) is 8.95. The molecule has 3 aromatic carbocycles. The molecule has 0 aromatic heterocycles. The standard InChI is InChI=1S/C27H23BrF2N2O3/c1-3-31(4-2)20-12-7-16(8-13-20)24-23(25(33)17-5-9-18(28)10-6-17)26(34)27(35)32(24)22-14-11-19(29)15-21(22)30/h5-15,24,33H,3-4H2,1-2H3/b25-23+. The maximum Gasteiger partial charge on any atom is 0.300 e. The number of hydrogen-bond acceptors (Lipinski definition) is 4. The minimum Gasteiger partial charge on any atom is -0.507 e. The van der Waals surface area contributed by atoms with Crippen molar-refractivity contribution in [3.8, 4) is 0 Å². The molecule has 35 heavy (non-hydrogen) atoms. The molecule has 0 bridgehead atoms. The van der Waals surface area contributed by atoms with E-state index in [0.29, 0.717) is 17.2 Å². The summed E-state index contributed by atoms with van der Waals surface area (Å²) in [5.41, 5.74) is 1.35. The van der Waals surface area contributed by atoms with Gasteiger partial charge in [-0.25, -0.2) is 8.78 Å². The zero-order chi connectivity index (χ0) is 25.3. The largest absolute Gasteiger partial charge is 0.507 e. The predicted octanol–water partition coefficient (Wildman–Crippen LogP) is 6.20. The van der Waals surface area contributed by atoms with Crippen LogP contribution in [0.5, 0.6) is 0 Å². The number of amides is 1. The molecule has 1 heterocycles. The van der Waals surface area contributed by atoms with Gasteiger partial charge < -0.3 is 10.0 Å². The number of Topliss-reactive ketones (excluding diaryl/α,β-unsaturated/α-hetero) is 1. The smallest absolute Gasteiger partial charge is 0.300 e. The molecule has 0 spiro atoms. The number of carbonyl (C=O) groups is 2. The van der Waals surface area contributed by atoms with Gasteiger partial charge in [-0.1, -0.05) is 40.2 Å². The van der Waals surface area contributed by atoms with Gasteiger partial charge in [0.05, 0.1) is 17.3 Å². The molecule has 0 radical (unpaired) electrons. The van der Waals surface area contributed by atoms with Gasteiger partial charge in [-0.3, -0.25) is 14.5 Å². The lowest BCUT2D eigenvalue weighted by molar-refractivity contribution is -0.132. The summed E-state index contributed by atoms with van der Waals surface area (Å²) in [4.78, 5) is 29.4. The topological polar surface area (TPSA) is 60.9 Å². The fourth-order valence-corrected chi connectivity index (χ4v) is 4.56. The highest BCUT2D eigenvalue weighted by atomic mass is 79.9. The van der Waals surface area contributed by atoms with Crippen molar-refractivity contribution in [2.24, 2.45) is 0 Å². The van der Waals surface area contributed by atoms with Gasteiger partial charge in [-0.05, 0) is 55.8 Å². The highest BCUT2D eigenvalue weighted by Gasteiger charge is 2.47. The van der Waals surface area contributed by atoms with E-state index in [1.165, 1.54) is 0 Å². The monoisotopic (exact) mass is 540 g/mol. The number of aliphatic hydroxyl groups is 1. The second kappa shape index (κ2) is 10.00. The van der Waals surface area contributed by atoms with Crippen molar-refractivity contribution in [3.05, 3.63) is 99.5 Å². The van der Waals surface area contributed by atoms with E-state index in [9.17, 15) is 23.5 Å². The first-order valence-corrected chi connectivity index (χ1v) is 11.9.